The monoisotopic (exact) mass is 466 g/mol. The molecule has 0 N–H and O–H groups in total. The normalized spacial score (nSPS) is 22.8. The third-order valence-electron chi connectivity index (χ3n) is 6.88. The Morgan fingerprint density at radius 3 is 2.82 bits per heavy atom. The van der Waals surface area contributed by atoms with Crippen LogP contribution in [0.3, 0.4) is 0 Å². The number of benzene rings is 2. The molecule has 5 nitrogen and oxygen atoms in total. The SMILES string of the molecule is Fc1c(-c2cccc3cccc(Cl)c23)ncc2cnc(OC[C@@]34CCCN3C[C@H](F)C4)nc12. The number of halogens is 3. The summed E-state index contributed by atoms with van der Waals surface area (Å²) in [5, 5.41) is 2.64. The van der Waals surface area contributed by atoms with Crippen molar-refractivity contribution in [3.63, 3.8) is 0 Å². The van der Waals surface area contributed by atoms with Crippen LogP contribution < -0.4 is 4.74 Å². The van der Waals surface area contributed by atoms with Crippen LogP contribution in [0, 0.1) is 5.82 Å². The lowest BCUT2D eigenvalue weighted by Crippen LogP contribution is -2.43. The fraction of sp³-hybridized carbons (Fsp3) is 0.320. The van der Waals surface area contributed by atoms with E-state index in [1.54, 1.807) is 18.3 Å². The molecule has 0 saturated carbocycles. The van der Waals surface area contributed by atoms with Crippen LogP contribution >= 0.6 is 11.6 Å². The molecule has 33 heavy (non-hydrogen) atoms. The summed E-state index contributed by atoms with van der Waals surface area (Å²) < 4.78 is 35.6. The zero-order valence-corrected chi connectivity index (χ0v) is 18.5. The van der Waals surface area contributed by atoms with Gasteiger partial charge in [-0.3, -0.25) is 9.88 Å². The molecule has 2 fully saturated rings. The van der Waals surface area contributed by atoms with E-state index in [1.165, 1.54) is 6.20 Å². The highest BCUT2D eigenvalue weighted by atomic mass is 35.5. The molecule has 4 heterocycles. The third-order valence-corrected chi connectivity index (χ3v) is 7.20. The average Bonchev–Trinajstić information content (AvgIpc) is 3.34. The van der Waals surface area contributed by atoms with Gasteiger partial charge in [-0.25, -0.2) is 13.8 Å². The smallest absolute Gasteiger partial charge is 0.317 e. The van der Waals surface area contributed by atoms with Crippen molar-refractivity contribution >= 4 is 33.3 Å². The maximum absolute atomic E-state index is 15.7. The highest BCUT2D eigenvalue weighted by molar-refractivity contribution is 6.36. The predicted octanol–water partition coefficient (Wildman–Crippen LogP) is 5.59. The second kappa shape index (κ2) is 7.85. The first-order valence-electron chi connectivity index (χ1n) is 11.0. The van der Waals surface area contributed by atoms with Crippen LogP contribution in [0.4, 0.5) is 8.78 Å². The number of aromatic nitrogens is 3. The van der Waals surface area contributed by atoms with Gasteiger partial charge in [0, 0.05) is 46.7 Å². The van der Waals surface area contributed by atoms with Crippen LogP contribution in [0.25, 0.3) is 32.9 Å². The molecule has 2 aromatic heterocycles. The van der Waals surface area contributed by atoms with E-state index in [-0.39, 0.29) is 29.4 Å². The molecule has 2 atom stereocenters. The second-order valence-electron chi connectivity index (χ2n) is 8.88. The summed E-state index contributed by atoms with van der Waals surface area (Å²) in [7, 11) is 0. The van der Waals surface area contributed by atoms with Crippen molar-refractivity contribution in [3.05, 3.63) is 59.6 Å². The van der Waals surface area contributed by atoms with Crippen molar-refractivity contribution in [2.75, 3.05) is 19.7 Å². The number of hydrogen-bond donors (Lipinski definition) is 0. The van der Waals surface area contributed by atoms with Crippen LogP contribution in [-0.4, -0.2) is 51.3 Å². The van der Waals surface area contributed by atoms with Gasteiger partial charge in [0.15, 0.2) is 5.82 Å². The minimum atomic E-state index is -0.843. The Bertz CT molecular complexity index is 1380. The molecule has 6 rings (SSSR count). The number of rotatable bonds is 4. The van der Waals surface area contributed by atoms with E-state index in [2.05, 4.69) is 19.9 Å². The Morgan fingerprint density at radius 1 is 1.12 bits per heavy atom. The average molecular weight is 467 g/mol. The summed E-state index contributed by atoms with van der Waals surface area (Å²) in [5.74, 6) is -0.558. The van der Waals surface area contributed by atoms with Gasteiger partial charge >= 0.3 is 6.01 Å². The molecule has 0 unspecified atom stereocenters. The van der Waals surface area contributed by atoms with Crippen molar-refractivity contribution in [2.24, 2.45) is 0 Å². The van der Waals surface area contributed by atoms with Gasteiger partial charge in [-0.1, -0.05) is 41.9 Å². The quantitative estimate of drug-likeness (QED) is 0.392. The van der Waals surface area contributed by atoms with Crippen molar-refractivity contribution in [1.82, 2.24) is 19.9 Å². The molecule has 0 bridgehead atoms. The largest absolute Gasteiger partial charge is 0.461 e. The lowest BCUT2D eigenvalue weighted by Gasteiger charge is -2.30. The lowest BCUT2D eigenvalue weighted by atomic mass is 9.95. The van der Waals surface area contributed by atoms with Crippen LogP contribution in [0.1, 0.15) is 19.3 Å². The molecule has 2 aliphatic heterocycles. The Kier molecular flexibility index (Phi) is 4.92. The summed E-state index contributed by atoms with van der Waals surface area (Å²) in [6.07, 6.45) is 4.56. The van der Waals surface area contributed by atoms with E-state index in [0.717, 1.165) is 30.2 Å². The second-order valence-corrected chi connectivity index (χ2v) is 9.29. The number of pyridine rings is 1. The van der Waals surface area contributed by atoms with Gasteiger partial charge in [0.1, 0.15) is 24.0 Å². The molecule has 8 heteroatoms. The zero-order valence-electron chi connectivity index (χ0n) is 17.8. The van der Waals surface area contributed by atoms with Gasteiger partial charge in [0.2, 0.25) is 0 Å². The summed E-state index contributed by atoms with van der Waals surface area (Å²) in [5.41, 5.74) is 0.574. The summed E-state index contributed by atoms with van der Waals surface area (Å²) >= 11 is 6.44. The third kappa shape index (κ3) is 3.42. The highest BCUT2D eigenvalue weighted by Crippen LogP contribution is 2.40. The van der Waals surface area contributed by atoms with Gasteiger partial charge in [-0.2, -0.15) is 4.98 Å². The zero-order chi connectivity index (χ0) is 22.6. The molecular weight excluding hydrogens is 446 g/mol. The lowest BCUT2D eigenvalue weighted by molar-refractivity contribution is 0.107. The fourth-order valence-corrected chi connectivity index (χ4v) is 5.63. The van der Waals surface area contributed by atoms with Crippen LogP contribution in [0.5, 0.6) is 6.01 Å². The Labute approximate surface area is 194 Å². The van der Waals surface area contributed by atoms with Gasteiger partial charge in [-0.05, 0) is 30.8 Å². The van der Waals surface area contributed by atoms with Crippen molar-refractivity contribution in [3.8, 4) is 17.3 Å². The molecule has 2 saturated heterocycles. The first-order chi connectivity index (χ1) is 16.0. The van der Waals surface area contributed by atoms with E-state index >= 15 is 4.39 Å². The Hall–Kier alpha value is -2.90. The maximum atomic E-state index is 15.7. The first-order valence-corrected chi connectivity index (χ1v) is 11.4. The van der Waals surface area contributed by atoms with E-state index in [1.807, 2.05) is 24.3 Å². The van der Waals surface area contributed by atoms with E-state index in [0.29, 0.717) is 28.9 Å². The van der Waals surface area contributed by atoms with Crippen LogP contribution in [0.2, 0.25) is 5.02 Å². The van der Waals surface area contributed by atoms with Crippen molar-refractivity contribution in [2.45, 2.75) is 31.0 Å². The summed E-state index contributed by atoms with van der Waals surface area (Å²) in [6.45, 7) is 1.61. The molecule has 2 aliphatic rings. The Morgan fingerprint density at radius 2 is 1.94 bits per heavy atom. The minimum Gasteiger partial charge on any atom is -0.461 e. The summed E-state index contributed by atoms with van der Waals surface area (Å²) in [6, 6.07) is 11.2. The number of nitrogens with zero attached hydrogens (tertiary/aromatic N) is 4. The molecule has 4 aromatic rings. The van der Waals surface area contributed by atoms with Gasteiger partial charge in [0.05, 0.1) is 5.54 Å². The number of ether oxygens (including phenoxy) is 1. The molecule has 0 spiro atoms. The van der Waals surface area contributed by atoms with Gasteiger partial charge in [-0.15, -0.1) is 0 Å². The molecule has 0 amide bonds. The van der Waals surface area contributed by atoms with Crippen LogP contribution in [0.15, 0.2) is 48.8 Å². The molecule has 2 aromatic carbocycles. The van der Waals surface area contributed by atoms with E-state index in [4.69, 9.17) is 16.3 Å². The summed E-state index contributed by atoms with van der Waals surface area (Å²) in [4.78, 5) is 15.1. The van der Waals surface area contributed by atoms with Crippen molar-refractivity contribution < 1.29 is 13.5 Å². The minimum absolute atomic E-state index is 0.0815. The predicted molar refractivity (Wildman–Crippen MR) is 124 cm³/mol. The van der Waals surface area contributed by atoms with E-state index in [9.17, 15) is 4.39 Å². The number of alkyl halides is 1. The first kappa shape index (κ1) is 20.7. The molecule has 0 radical (unpaired) electrons. The van der Waals surface area contributed by atoms with E-state index < -0.39 is 12.0 Å². The van der Waals surface area contributed by atoms with Crippen LogP contribution in [-0.2, 0) is 0 Å². The number of hydrogen-bond acceptors (Lipinski definition) is 5. The highest BCUT2D eigenvalue weighted by Gasteiger charge is 2.49. The fourth-order valence-electron chi connectivity index (χ4n) is 5.35. The van der Waals surface area contributed by atoms with Gasteiger partial charge < -0.3 is 4.74 Å². The molecule has 0 aliphatic carbocycles. The molecule has 168 valence electrons. The maximum Gasteiger partial charge on any atom is 0.317 e. The molecular formula is C25H21ClF2N4O. The topological polar surface area (TPSA) is 51.1 Å². The number of fused-ring (bicyclic) bond motifs is 3. The van der Waals surface area contributed by atoms with Crippen molar-refractivity contribution in [1.29, 1.82) is 0 Å². The standard InChI is InChI=1S/C25H21ClF2N4O/c26-19-7-2-5-15-4-1-6-18(20(15)19)23-21(28)22-16(11-29-23)12-30-24(31-22)33-14-25-8-3-9-32(25)13-17(27)10-25/h1-2,4-7,11-12,17H,3,8-10,13-14H2/t17-,25+/m1/s1. The van der Waals surface area contributed by atoms with Gasteiger partial charge in [0.25, 0.3) is 0 Å². The Balaban J connectivity index is 1.37.